The molecule has 23 heavy (non-hydrogen) atoms. The maximum atomic E-state index is 14.2. The maximum absolute atomic E-state index is 14.2. The Balaban J connectivity index is 1.71. The normalized spacial score (nSPS) is 20.2. The number of nitrogens with one attached hydrogen (secondary N) is 1. The second kappa shape index (κ2) is 6.10. The van der Waals surface area contributed by atoms with Crippen molar-refractivity contribution in [1.29, 1.82) is 0 Å². The third kappa shape index (κ3) is 3.57. The molecule has 6 heteroatoms. The van der Waals surface area contributed by atoms with Crippen LogP contribution < -0.4 is 5.32 Å². The van der Waals surface area contributed by atoms with Gasteiger partial charge in [0.2, 0.25) is 5.91 Å². The van der Waals surface area contributed by atoms with Crippen LogP contribution in [-0.2, 0) is 4.79 Å². The Bertz CT molecular complexity index is 697. The van der Waals surface area contributed by atoms with Crippen LogP contribution in [0.2, 0.25) is 0 Å². The number of carbonyl (C=O) groups is 1. The first-order chi connectivity index (χ1) is 10.9. The summed E-state index contributed by atoms with van der Waals surface area (Å²) < 4.78 is 15.5. The molecule has 0 aliphatic heterocycles. The molecule has 1 aromatic carbocycles. The van der Waals surface area contributed by atoms with E-state index >= 15 is 0 Å². The van der Waals surface area contributed by atoms with E-state index in [9.17, 15) is 9.18 Å². The topological polar surface area (TPSA) is 59.8 Å². The number of nitrogens with zero attached hydrogens (tertiary/aromatic N) is 3. The Morgan fingerprint density at radius 2 is 2.26 bits per heavy atom. The van der Waals surface area contributed by atoms with Crippen molar-refractivity contribution < 1.29 is 9.18 Å². The van der Waals surface area contributed by atoms with Crippen LogP contribution in [0.4, 0.5) is 10.1 Å². The first-order valence-corrected chi connectivity index (χ1v) is 7.90. The van der Waals surface area contributed by atoms with Crippen LogP contribution in [0.15, 0.2) is 30.9 Å². The van der Waals surface area contributed by atoms with Crippen molar-refractivity contribution >= 4 is 11.6 Å². The highest BCUT2D eigenvalue weighted by Gasteiger charge is 2.32. The molecule has 1 amide bonds. The Hall–Kier alpha value is -2.24. The molecular weight excluding hydrogens is 295 g/mol. The number of hydrogen-bond donors (Lipinski definition) is 1. The molecule has 122 valence electrons. The fourth-order valence-corrected chi connectivity index (χ4v) is 3.27. The number of hydrogen-bond acceptors (Lipinski definition) is 3. The minimum absolute atomic E-state index is 0.00296. The molecular formula is C17H21FN4O. The minimum atomic E-state index is -0.447. The minimum Gasteiger partial charge on any atom is -0.326 e. The fraction of sp³-hybridized carbons (Fsp3) is 0.471. The van der Waals surface area contributed by atoms with E-state index in [2.05, 4.69) is 29.2 Å². The van der Waals surface area contributed by atoms with Crippen LogP contribution >= 0.6 is 0 Å². The van der Waals surface area contributed by atoms with Crippen molar-refractivity contribution in [2.24, 2.45) is 11.3 Å². The van der Waals surface area contributed by atoms with Gasteiger partial charge in [-0.3, -0.25) is 4.79 Å². The summed E-state index contributed by atoms with van der Waals surface area (Å²) in [5.74, 6) is -0.472. The van der Waals surface area contributed by atoms with Crippen LogP contribution in [0.3, 0.4) is 0 Å². The summed E-state index contributed by atoms with van der Waals surface area (Å²) in [5, 5.41) is 6.74. The van der Waals surface area contributed by atoms with Gasteiger partial charge >= 0.3 is 0 Å². The van der Waals surface area contributed by atoms with E-state index in [1.165, 1.54) is 23.4 Å². The highest BCUT2D eigenvalue weighted by atomic mass is 19.1. The van der Waals surface area contributed by atoms with Gasteiger partial charge in [-0.05, 0) is 42.9 Å². The number of aromatic nitrogens is 3. The molecule has 0 spiro atoms. The standard InChI is InChI=1S/C17H21FN4O/c1-17(2)7-3-4-12(9-17)16(23)21-13-5-6-15(14(18)8-13)22-11-19-10-20-22/h5-6,8,10-12H,3-4,7,9H2,1-2H3,(H,21,23). The van der Waals surface area contributed by atoms with Crippen LogP contribution in [0.5, 0.6) is 0 Å². The lowest BCUT2D eigenvalue weighted by Crippen LogP contribution is -2.31. The van der Waals surface area contributed by atoms with Gasteiger partial charge in [0.1, 0.15) is 18.3 Å². The fourth-order valence-electron chi connectivity index (χ4n) is 3.27. The predicted octanol–water partition coefficient (Wildman–Crippen LogP) is 3.56. The zero-order chi connectivity index (χ0) is 16.4. The van der Waals surface area contributed by atoms with Gasteiger partial charge in [-0.1, -0.05) is 20.3 Å². The second-order valence-corrected chi connectivity index (χ2v) is 6.95. The average Bonchev–Trinajstić information content (AvgIpc) is 3.00. The molecule has 2 aromatic rings. The van der Waals surface area contributed by atoms with E-state index in [-0.39, 0.29) is 17.2 Å². The van der Waals surface area contributed by atoms with Gasteiger partial charge < -0.3 is 5.32 Å². The molecule has 1 aromatic heterocycles. The number of rotatable bonds is 3. The SMILES string of the molecule is CC1(C)CCCC(C(=O)Nc2ccc(-n3cncn3)c(F)c2)C1. The van der Waals surface area contributed by atoms with E-state index in [0.717, 1.165) is 25.7 Å². The summed E-state index contributed by atoms with van der Waals surface area (Å²) in [6.07, 6.45) is 6.76. The predicted molar refractivity (Wildman–Crippen MR) is 85.7 cm³/mol. The molecule has 1 aliphatic rings. The van der Waals surface area contributed by atoms with Crippen molar-refractivity contribution in [3.63, 3.8) is 0 Å². The first kappa shape index (κ1) is 15.6. The third-order valence-electron chi connectivity index (χ3n) is 4.46. The van der Waals surface area contributed by atoms with Gasteiger partial charge in [0.05, 0.1) is 0 Å². The van der Waals surface area contributed by atoms with Crippen LogP contribution in [0.25, 0.3) is 5.69 Å². The first-order valence-electron chi connectivity index (χ1n) is 7.90. The Morgan fingerprint density at radius 3 is 2.91 bits per heavy atom. The Labute approximate surface area is 134 Å². The zero-order valence-corrected chi connectivity index (χ0v) is 13.4. The highest BCUT2D eigenvalue weighted by Crippen LogP contribution is 2.38. The molecule has 1 aliphatic carbocycles. The quantitative estimate of drug-likeness (QED) is 0.942. The molecule has 1 N–H and O–H groups in total. The number of benzene rings is 1. The summed E-state index contributed by atoms with van der Waals surface area (Å²) in [6, 6.07) is 4.60. The maximum Gasteiger partial charge on any atom is 0.227 e. The van der Waals surface area contributed by atoms with Gasteiger partial charge in [0, 0.05) is 11.6 Å². The summed E-state index contributed by atoms with van der Waals surface area (Å²) in [4.78, 5) is 16.2. The van der Waals surface area contributed by atoms with E-state index in [0.29, 0.717) is 11.4 Å². The van der Waals surface area contributed by atoms with Crippen molar-refractivity contribution in [2.45, 2.75) is 39.5 Å². The van der Waals surface area contributed by atoms with Crippen molar-refractivity contribution in [2.75, 3.05) is 5.32 Å². The molecule has 3 rings (SSSR count). The molecule has 1 fully saturated rings. The molecule has 0 saturated heterocycles. The number of carbonyl (C=O) groups excluding carboxylic acids is 1. The molecule has 5 nitrogen and oxygen atoms in total. The second-order valence-electron chi connectivity index (χ2n) is 6.95. The van der Waals surface area contributed by atoms with E-state index < -0.39 is 5.82 Å². The summed E-state index contributed by atoms with van der Waals surface area (Å²) in [7, 11) is 0. The van der Waals surface area contributed by atoms with Crippen LogP contribution in [-0.4, -0.2) is 20.7 Å². The van der Waals surface area contributed by atoms with Gasteiger partial charge in [0.25, 0.3) is 0 Å². The van der Waals surface area contributed by atoms with Crippen molar-refractivity contribution in [3.8, 4) is 5.69 Å². The van der Waals surface area contributed by atoms with E-state index in [4.69, 9.17) is 0 Å². The van der Waals surface area contributed by atoms with Crippen LogP contribution in [0, 0.1) is 17.2 Å². The lowest BCUT2D eigenvalue weighted by atomic mass is 9.72. The Morgan fingerprint density at radius 1 is 1.43 bits per heavy atom. The molecule has 1 atom stereocenters. The van der Waals surface area contributed by atoms with Crippen LogP contribution in [0.1, 0.15) is 39.5 Å². The summed E-state index contributed by atoms with van der Waals surface area (Å²) in [5.41, 5.74) is 0.974. The number of anilines is 1. The lowest BCUT2D eigenvalue weighted by Gasteiger charge is -2.34. The molecule has 1 saturated carbocycles. The summed E-state index contributed by atoms with van der Waals surface area (Å²) in [6.45, 7) is 4.39. The Kier molecular flexibility index (Phi) is 4.15. The third-order valence-corrected chi connectivity index (χ3v) is 4.46. The molecule has 0 radical (unpaired) electrons. The number of amides is 1. The number of halogens is 1. The zero-order valence-electron chi connectivity index (χ0n) is 13.4. The molecule has 0 bridgehead atoms. The summed E-state index contributed by atoms with van der Waals surface area (Å²) >= 11 is 0. The molecule has 1 unspecified atom stereocenters. The van der Waals surface area contributed by atoms with Gasteiger partial charge in [0.15, 0.2) is 5.82 Å². The van der Waals surface area contributed by atoms with Gasteiger partial charge in [-0.2, -0.15) is 5.10 Å². The smallest absolute Gasteiger partial charge is 0.227 e. The lowest BCUT2D eigenvalue weighted by molar-refractivity contribution is -0.122. The highest BCUT2D eigenvalue weighted by molar-refractivity contribution is 5.92. The largest absolute Gasteiger partial charge is 0.326 e. The molecule has 1 heterocycles. The van der Waals surface area contributed by atoms with E-state index in [1.807, 2.05) is 0 Å². The van der Waals surface area contributed by atoms with Crippen molar-refractivity contribution in [3.05, 3.63) is 36.7 Å². The van der Waals surface area contributed by atoms with Gasteiger partial charge in [-0.15, -0.1) is 0 Å². The van der Waals surface area contributed by atoms with E-state index in [1.54, 1.807) is 12.1 Å². The average molecular weight is 316 g/mol. The monoisotopic (exact) mass is 316 g/mol. The van der Waals surface area contributed by atoms with Crippen molar-refractivity contribution in [1.82, 2.24) is 14.8 Å². The van der Waals surface area contributed by atoms with Gasteiger partial charge in [-0.25, -0.2) is 14.1 Å².